The number of aromatic amines is 1. The van der Waals surface area contributed by atoms with Crippen LogP contribution in [0, 0.1) is 12.8 Å². The lowest BCUT2D eigenvalue weighted by molar-refractivity contribution is 0.102. The molecule has 4 aromatic carbocycles. The number of aliphatic imine (C=N–C) groups is 1. The Bertz CT molecular complexity index is 1920. The Morgan fingerprint density at radius 1 is 0.960 bits per heavy atom. The van der Waals surface area contributed by atoms with Crippen LogP contribution in [-0.4, -0.2) is 84.4 Å². The Morgan fingerprint density at radius 2 is 1.66 bits per heavy atom. The molecule has 1 unspecified atom stereocenters. The number of hydrogen-bond donors (Lipinski definition) is 4. The number of carbonyl (C=O) groups excluding carboxylic acids is 1. The lowest BCUT2D eigenvalue weighted by atomic mass is 9.95. The van der Waals surface area contributed by atoms with Gasteiger partial charge in [-0.25, -0.2) is 4.98 Å². The molecule has 6 rings (SSSR count). The smallest absolute Gasteiger partial charge is 0.255 e. The van der Waals surface area contributed by atoms with Gasteiger partial charge >= 0.3 is 0 Å². The molecule has 1 saturated heterocycles. The minimum Gasteiger partial charge on any atom is -0.395 e. The van der Waals surface area contributed by atoms with Crippen LogP contribution in [0.5, 0.6) is 0 Å². The van der Waals surface area contributed by atoms with Gasteiger partial charge in [0.05, 0.1) is 48.9 Å². The second-order valence-corrected chi connectivity index (χ2v) is 12.7. The fourth-order valence-corrected chi connectivity index (χ4v) is 6.24. The number of nitrogens with zero attached hydrogens (tertiary/aromatic N) is 4. The molecule has 1 amide bonds. The van der Waals surface area contributed by atoms with E-state index in [1.165, 1.54) is 5.69 Å². The number of aliphatic hydroxyl groups excluding tert-OH is 2. The SMILES string of the molecule is CCC(C)C(=Nc1ccc(NC(=O)c2ccc3nc(-c4ccc(N(CCO)CCO)cc4)[nH]c3c2)cc1C)c1ccc(N2CCOCC2)cc1. The van der Waals surface area contributed by atoms with Gasteiger partial charge in [-0.05, 0) is 103 Å². The van der Waals surface area contributed by atoms with Gasteiger partial charge in [-0.3, -0.25) is 9.79 Å². The van der Waals surface area contributed by atoms with Crippen LogP contribution in [0.1, 0.15) is 41.8 Å². The maximum Gasteiger partial charge on any atom is 0.255 e. The van der Waals surface area contributed by atoms with E-state index in [9.17, 15) is 15.0 Å². The molecule has 1 aliphatic rings. The molecule has 50 heavy (non-hydrogen) atoms. The van der Waals surface area contributed by atoms with Crippen LogP contribution in [0.3, 0.4) is 0 Å². The van der Waals surface area contributed by atoms with E-state index < -0.39 is 0 Å². The van der Waals surface area contributed by atoms with Crippen molar-refractivity contribution < 1.29 is 19.7 Å². The molecule has 4 N–H and O–H groups in total. The van der Waals surface area contributed by atoms with Crippen LogP contribution < -0.4 is 15.1 Å². The summed E-state index contributed by atoms with van der Waals surface area (Å²) < 4.78 is 5.51. The Hall–Kier alpha value is -5.03. The van der Waals surface area contributed by atoms with Crippen molar-refractivity contribution in [3.05, 3.63) is 102 Å². The van der Waals surface area contributed by atoms with Crippen LogP contribution in [0.15, 0.2) is 89.9 Å². The molecular weight excluding hydrogens is 628 g/mol. The van der Waals surface area contributed by atoms with Gasteiger partial charge < -0.3 is 35.1 Å². The van der Waals surface area contributed by atoms with Crippen molar-refractivity contribution >= 4 is 45.4 Å². The molecule has 10 nitrogen and oxygen atoms in total. The first kappa shape index (κ1) is 34.8. The number of fused-ring (bicyclic) bond motifs is 1. The molecule has 0 bridgehead atoms. The van der Waals surface area contributed by atoms with E-state index in [1.54, 1.807) is 6.07 Å². The molecule has 10 heteroatoms. The number of amides is 1. The van der Waals surface area contributed by atoms with Crippen molar-refractivity contribution in [3.63, 3.8) is 0 Å². The third kappa shape index (κ3) is 8.05. The fraction of sp³-hybridized carbons (Fsp3) is 0.325. The third-order valence-corrected chi connectivity index (χ3v) is 9.30. The van der Waals surface area contributed by atoms with E-state index in [1.807, 2.05) is 66.4 Å². The highest BCUT2D eigenvalue weighted by Crippen LogP contribution is 2.28. The first-order valence-electron chi connectivity index (χ1n) is 17.4. The number of nitrogens with one attached hydrogen (secondary N) is 2. The molecule has 1 aromatic heterocycles. The van der Waals surface area contributed by atoms with Crippen LogP contribution in [0.25, 0.3) is 22.4 Å². The minimum atomic E-state index is -0.212. The zero-order valence-electron chi connectivity index (χ0n) is 29.0. The second-order valence-electron chi connectivity index (χ2n) is 12.7. The molecule has 1 atom stereocenters. The predicted octanol–water partition coefficient (Wildman–Crippen LogP) is 6.59. The number of H-pyrrole nitrogens is 1. The highest BCUT2D eigenvalue weighted by molar-refractivity contribution is 6.06. The molecule has 260 valence electrons. The predicted molar refractivity (Wildman–Crippen MR) is 202 cm³/mol. The van der Waals surface area contributed by atoms with Crippen molar-refractivity contribution in [2.75, 3.05) is 67.7 Å². The van der Waals surface area contributed by atoms with Gasteiger partial charge in [-0.15, -0.1) is 0 Å². The summed E-state index contributed by atoms with van der Waals surface area (Å²) in [4.78, 5) is 30.8. The number of ether oxygens (including phenoxy) is 1. The van der Waals surface area contributed by atoms with Crippen LogP contribution in [0.4, 0.5) is 22.7 Å². The van der Waals surface area contributed by atoms with Gasteiger partial charge in [0.2, 0.25) is 0 Å². The summed E-state index contributed by atoms with van der Waals surface area (Å²) in [5, 5.41) is 21.8. The summed E-state index contributed by atoms with van der Waals surface area (Å²) in [6.07, 6.45) is 0.973. The fourth-order valence-electron chi connectivity index (χ4n) is 6.24. The summed E-state index contributed by atoms with van der Waals surface area (Å²) in [5.41, 5.74) is 9.77. The van der Waals surface area contributed by atoms with Crippen LogP contribution in [0.2, 0.25) is 0 Å². The van der Waals surface area contributed by atoms with Gasteiger partial charge in [0.25, 0.3) is 5.91 Å². The number of aryl methyl sites for hydroxylation is 1. The molecule has 1 aliphatic heterocycles. The maximum atomic E-state index is 13.3. The van der Waals surface area contributed by atoms with E-state index in [0.29, 0.717) is 30.2 Å². The van der Waals surface area contributed by atoms with Crippen LogP contribution in [-0.2, 0) is 4.74 Å². The van der Waals surface area contributed by atoms with Gasteiger partial charge in [0.1, 0.15) is 5.82 Å². The zero-order chi connectivity index (χ0) is 35.0. The van der Waals surface area contributed by atoms with Gasteiger partial charge in [-0.2, -0.15) is 0 Å². The Morgan fingerprint density at radius 3 is 2.32 bits per heavy atom. The number of carbonyl (C=O) groups is 1. The molecule has 0 radical (unpaired) electrons. The number of aliphatic hydroxyl groups is 2. The molecule has 0 spiro atoms. The first-order chi connectivity index (χ1) is 24.4. The lowest BCUT2D eigenvalue weighted by Crippen LogP contribution is -2.36. The van der Waals surface area contributed by atoms with Crippen molar-refractivity contribution in [1.29, 1.82) is 0 Å². The second kappa shape index (κ2) is 16.1. The number of aromatic nitrogens is 2. The topological polar surface area (TPSA) is 126 Å². The average molecular weight is 675 g/mol. The molecule has 2 heterocycles. The first-order valence-corrected chi connectivity index (χ1v) is 17.4. The van der Waals surface area contributed by atoms with Crippen molar-refractivity contribution in [1.82, 2.24) is 9.97 Å². The van der Waals surface area contributed by atoms with Gasteiger partial charge in [0, 0.05) is 54.4 Å². The number of imidazole rings is 1. The third-order valence-electron chi connectivity index (χ3n) is 9.30. The molecule has 1 fully saturated rings. The molecule has 5 aromatic rings. The standard InChI is InChI=1S/C40H46N6O4/c1-4-27(2)38(29-5-11-34(12-6-29)46-19-23-50-24-20-46)42-35-16-10-32(25-28(35)3)41-40(49)31-9-15-36-37(26-31)44-39(43-36)30-7-13-33(14-8-30)45(17-21-47)18-22-48/h5-16,25-27,47-48H,4,17-24H2,1-3H3,(H,41,49)(H,43,44). The van der Waals surface area contributed by atoms with E-state index in [-0.39, 0.29) is 25.0 Å². The highest BCUT2D eigenvalue weighted by atomic mass is 16.5. The summed E-state index contributed by atoms with van der Waals surface area (Å²) in [6.45, 7) is 10.6. The number of rotatable bonds is 13. The summed E-state index contributed by atoms with van der Waals surface area (Å²) in [5.74, 6) is 0.757. The molecule has 0 saturated carbocycles. The van der Waals surface area contributed by atoms with Crippen LogP contribution >= 0.6 is 0 Å². The summed E-state index contributed by atoms with van der Waals surface area (Å²) in [6, 6.07) is 27.8. The Kier molecular flexibility index (Phi) is 11.2. The number of benzene rings is 4. The van der Waals surface area contributed by atoms with Gasteiger partial charge in [0.15, 0.2) is 0 Å². The van der Waals surface area contributed by atoms with Crippen molar-refractivity contribution in [3.8, 4) is 11.4 Å². The highest BCUT2D eigenvalue weighted by Gasteiger charge is 2.16. The van der Waals surface area contributed by atoms with Crippen molar-refractivity contribution in [2.24, 2.45) is 10.9 Å². The van der Waals surface area contributed by atoms with E-state index in [2.05, 4.69) is 53.3 Å². The minimum absolute atomic E-state index is 0.00585. The van der Waals surface area contributed by atoms with E-state index >= 15 is 0 Å². The lowest BCUT2D eigenvalue weighted by Gasteiger charge is -2.29. The zero-order valence-corrected chi connectivity index (χ0v) is 29.0. The quantitative estimate of drug-likeness (QED) is 0.104. The van der Waals surface area contributed by atoms with E-state index in [4.69, 9.17) is 14.7 Å². The monoisotopic (exact) mass is 674 g/mol. The van der Waals surface area contributed by atoms with Gasteiger partial charge in [-0.1, -0.05) is 26.0 Å². The largest absolute Gasteiger partial charge is 0.395 e. The Balaban J connectivity index is 1.15. The number of hydrogen-bond acceptors (Lipinski definition) is 8. The summed E-state index contributed by atoms with van der Waals surface area (Å²) >= 11 is 0. The van der Waals surface area contributed by atoms with E-state index in [0.717, 1.165) is 77.5 Å². The van der Waals surface area contributed by atoms with Crippen molar-refractivity contribution in [2.45, 2.75) is 27.2 Å². The normalized spacial score (nSPS) is 14.2. The molecular formula is C40H46N6O4. The average Bonchev–Trinajstić information content (AvgIpc) is 3.58. The number of morpholine rings is 1. The number of anilines is 3. The Labute approximate surface area is 293 Å². The maximum absolute atomic E-state index is 13.3. The summed E-state index contributed by atoms with van der Waals surface area (Å²) in [7, 11) is 0. The molecule has 0 aliphatic carbocycles.